The van der Waals surface area contributed by atoms with Gasteiger partial charge >= 0.3 is 0 Å². The third-order valence-corrected chi connectivity index (χ3v) is 3.27. The fourth-order valence-electron chi connectivity index (χ4n) is 2.17. The molecule has 0 bridgehead atoms. The summed E-state index contributed by atoms with van der Waals surface area (Å²) in [5.41, 5.74) is 5.88. The lowest BCUT2D eigenvalue weighted by Crippen LogP contribution is -2.40. The maximum atomic E-state index is 5.88. The number of hydrogen-bond acceptors (Lipinski definition) is 5. The maximum Gasteiger partial charge on any atom is 0.245 e. The van der Waals surface area contributed by atoms with Crippen molar-refractivity contribution in [1.29, 1.82) is 0 Å². The molecule has 0 unspecified atom stereocenters. The first-order valence-electron chi connectivity index (χ1n) is 6.22. The van der Waals surface area contributed by atoms with Crippen LogP contribution in [0.1, 0.15) is 18.6 Å². The molecule has 3 rings (SSSR count). The van der Waals surface area contributed by atoms with E-state index in [1.807, 2.05) is 19.1 Å². The number of nitrogens with two attached hydrogens (primary N) is 1. The lowest BCUT2D eigenvalue weighted by Gasteiger charge is -2.28. The molecule has 1 aliphatic heterocycles. The van der Waals surface area contributed by atoms with Crippen molar-refractivity contribution in [3.05, 3.63) is 17.9 Å². The molecule has 18 heavy (non-hydrogen) atoms. The number of nitrogens with one attached hydrogen (secondary N) is 1. The van der Waals surface area contributed by atoms with Gasteiger partial charge in [0, 0.05) is 19.1 Å². The van der Waals surface area contributed by atoms with E-state index in [0.717, 1.165) is 43.4 Å². The van der Waals surface area contributed by atoms with E-state index in [0.29, 0.717) is 11.9 Å². The fourth-order valence-corrected chi connectivity index (χ4v) is 2.17. The zero-order chi connectivity index (χ0) is 12.5. The Bertz CT molecular complexity index is 524. The van der Waals surface area contributed by atoms with E-state index in [1.165, 1.54) is 0 Å². The Balaban J connectivity index is 1.77. The highest BCUT2D eigenvalue weighted by molar-refractivity contribution is 5.49. The van der Waals surface area contributed by atoms with Gasteiger partial charge in [0.25, 0.3) is 0 Å². The molecule has 3 heterocycles. The second-order valence-corrected chi connectivity index (χ2v) is 4.72. The van der Waals surface area contributed by atoms with Crippen LogP contribution in [0.3, 0.4) is 0 Å². The average Bonchev–Trinajstić information content (AvgIpc) is 2.98. The van der Waals surface area contributed by atoms with Gasteiger partial charge in [-0.15, -0.1) is 5.10 Å². The third kappa shape index (κ3) is 2.11. The normalized spacial score (nSPS) is 17.3. The van der Waals surface area contributed by atoms with Gasteiger partial charge in [-0.1, -0.05) is 0 Å². The smallest absolute Gasteiger partial charge is 0.245 e. The first-order valence-corrected chi connectivity index (χ1v) is 6.22. The lowest BCUT2D eigenvalue weighted by atomic mass is 10.1. The molecule has 0 amide bonds. The Kier molecular flexibility index (Phi) is 2.79. The molecule has 0 aliphatic carbocycles. The van der Waals surface area contributed by atoms with Gasteiger partial charge in [0.05, 0.1) is 0 Å². The minimum absolute atomic E-state index is 0.312. The highest BCUT2D eigenvalue weighted by Crippen LogP contribution is 2.21. The van der Waals surface area contributed by atoms with Crippen LogP contribution in [-0.4, -0.2) is 34.3 Å². The average molecular weight is 247 g/mol. The Morgan fingerprint density at radius 1 is 1.39 bits per heavy atom. The second kappa shape index (κ2) is 4.45. The van der Waals surface area contributed by atoms with Crippen LogP contribution in [0.15, 0.2) is 16.5 Å². The molecular weight excluding hydrogens is 230 g/mol. The predicted molar refractivity (Wildman–Crippen MR) is 68.2 cm³/mol. The van der Waals surface area contributed by atoms with E-state index in [9.17, 15) is 0 Å². The summed E-state index contributed by atoms with van der Waals surface area (Å²) in [5.74, 6) is 2.99. The third-order valence-electron chi connectivity index (χ3n) is 3.27. The SMILES string of the molecule is Cc1ccc(-c2nc(N3CCC(N)CC3)n[nH]2)o1. The topological polar surface area (TPSA) is 84.0 Å². The number of rotatable bonds is 2. The molecule has 0 saturated carbocycles. The minimum atomic E-state index is 0.312. The van der Waals surface area contributed by atoms with Gasteiger partial charge < -0.3 is 15.1 Å². The van der Waals surface area contributed by atoms with Gasteiger partial charge in [0.1, 0.15) is 5.76 Å². The number of furan rings is 1. The van der Waals surface area contributed by atoms with Crippen LogP contribution < -0.4 is 10.6 Å². The molecule has 0 spiro atoms. The van der Waals surface area contributed by atoms with Crippen molar-refractivity contribution < 1.29 is 4.42 Å². The Morgan fingerprint density at radius 2 is 2.17 bits per heavy atom. The summed E-state index contributed by atoms with van der Waals surface area (Å²) in [6.45, 7) is 3.73. The second-order valence-electron chi connectivity index (χ2n) is 4.72. The van der Waals surface area contributed by atoms with Crippen molar-refractivity contribution in [2.24, 2.45) is 5.73 Å². The molecule has 2 aromatic heterocycles. The van der Waals surface area contributed by atoms with E-state index >= 15 is 0 Å². The molecule has 6 heteroatoms. The highest BCUT2D eigenvalue weighted by atomic mass is 16.3. The van der Waals surface area contributed by atoms with Crippen LogP contribution in [0, 0.1) is 6.92 Å². The summed E-state index contributed by atoms with van der Waals surface area (Å²) >= 11 is 0. The summed E-state index contributed by atoms with van der Waals surface area (Å²) in [5, 5.41) is 7.16. The van der Waals surface area contributed by atoms with Gasteiger partial charge in [0.2, 0.25) is 5.95 Å². The monoisotopic (exact) mass is 247 g/mol. The van der Waals surface area contributed by atoms with Gasteiger partial charge in [-0.05, 0) is 31.9 Å². The summed E-state index contributed by atoms with van der Waals surface area (Å²) in [6.07, 6.45) is 1.98. The molecule has 0 aromatic carbocycles. The zero-order valence-corrected chi connectivity index (χ0v) is 10.4. The molecule has 3 N–H and O–H groups in total. The van der Waals surface area contributed by atoms with Crippen LogP contribution >= 0.6 is 0 Å². The molecule has 0 radical (unpaired) electrons. The summed E-state index contributed by atoms with van der Waals surface area (Å²) < 4.78 is 5.52. The number of nitrogens with zero attached hydrogens (tertiary/aromatic N) is 3. The van der Waals surface area contributed by atoms with Gasteiger partial charge in [-0.3, -0.25) is 5.10 Å². The van der Waals surface area contributed by atoms with Crippen LogP contribution in [0.2, 0.25) is 0 Å². The minimum Gasteiger partial charge on any atom is -0.458 e. The Morgan fingerprint density at radius 3 is 2.83 bits per heavy atom. The number of aromatic nitrogens is 3. The van der Waals surface area contributed by atoms with Crippen molar-refractivity contribution in [2.45, 2.75) is 25.8 Å². The molecule has 1 aliphatic rings. The molecule has 1 saturated heterocycles. The van der Waals surface area contributed by atoms with E-state index in [4.69, 9.17) is 10.2 Å². The number of piperidine rings is 1. The standard InChI is InChI=1S/C12H17N5O/c1-8-2-3-10(18-8)11-14-12(16-15-11)17-6-4-9(13)5-7-17/h2-3,9H,4-7,13H2,1H3,(H,14,15,16). The van der Waals surface area contributed by atoms with E-state index in [1.54, 1.807) is 0 Å². The van der Waals surface area contributed by atoms with Gasteiger partial charge in [0.15, 0.2) is 11.6 Å². The molecule has 6 nitrogen and oxygen atoms in total. The fraction of sp³-hybridized carbons (Fsp3) is 0.500. The van der Waals surface area contributed by atoms with E-state index in [-0.39, 0.29) is 0 Å². The quantitative estimate of drug-likeness (QED) is 0.835. The zero-order valence-electron chi connectivity index (χ0n) is 10.4. The molecule has 1 fully saturated rings. The maximum absolute atomic E-state index is 5.88. The lowest BCUT2D eigenvalue weighted by molar-refractivity contribution is 0.496. The van der Waals surface area contributed by atoms with Crippen molar-refractivity contribution in [3.8, 4) is 11.6 Å². The largest absolute Gasteiger partial charge is 0.458 e. The summed E-state index contributed by atoms with van der Waals surface area (Å²) in [6, 6.07) is 4.12. The Labute approximate surface area is 105 Å². The first kappa shape index (κ1) is 11.3. The van der Waals surface area contributed by atoms with Crippen molar-refractivity contribution >= 4 is 5.95 Å². The van der Waals surface area contributed by atoms with Crippen molar-refractivity contribution in [1.82, 2.24) is 15.2 Å². The number of anilines is 1. The van der Waals surface area contributed by atoms with E-state index in [2.05, 4.69) is 20.1 Å². The summed E-state index contributed by atoms with van der Waals surface area (Å²) in [7, 11) is 0. The molecule has 96 valence electrons. The predicted octanol–water partition coefficient (Wildman–Crippen LogP) is 1.30. The first-order chi connectivity index (χ1) is 8.72. The Hall–Kier alpha value is -1.82. The number of hydrogen-bond donors (Lipinski definition) is 2. The van der Waals surface area contributed by atoms with Crippen molar-refractivity contribution in [2.75, 3.05) is 18.0 Å². The van der Waals surface area contributed by atoms with E-state index < -0.39 is 0 Å². The number of aryl methyl sites for hydroxylation is 1. The molecule has 2 aromatic rings. The van der Waals surface area contributed by atoms with Crippen LogP contribution in [0.5, 0.6) is 0 Å². The summed E-state index contributed by atoms with van der Waals surface area (Å²) in [4.78, 5) is 6.62. The molecular formula is C12H17N5O. The number of aromatic amines is 1. The van der Waals surface area contributed by atoms with Gasteiger partial charge in [-0.25, -0.2) is 0 Å². The molecule has 0 atom stereocenters. The van der Waals surface area contributed by atoms with Gasteiger partial charge in [-0.2, -0.15) is 4.98 Å². The van der Waals surface area contributed by atoms with Crippen molar-refractivity contribution in [3.63, 3.8) is 0 Å². The van der Waals surface area contributed by atoms with Crippen LogP contribution in [0.25, 0.3) is 11.6 Å². The van der Waals surface area contributed by atoms with Crippen LogP contribution in [-0.2, 0) is 0 Å². The highest BCUT2D eigenvalue weighted by Gasteiger charge is 2.20. The van der Waals surface area contributed by atoms with Crippen LogP contribution in [0.4, 0.5) is 5.95 Å². The number of H-pyrrole nitrogens is 1.